The molecule has 118 valence electrons. The normalized spacial score (nSPS) is 11.8. The molecule has 4 aromatic rings. The van der Waals surface area contributed by atoms with Gasteiger partial charge >= 0.3 is 0 Å². The number of para-hydroxylation sites is 1. The minimum Gasteiger partial charge on any atom is -0.341 e. The fourth-order valence-corrected chi connectivity index (χ4v) is 3.29. The molecule has 0 N–H and O–H groups in total. The van der Waals surface area contributed by atoms with Crippen LogP contribution in [0.3, 0.4) is 0 Å². The lowest BCUT2D eigenvalue weighted by Crippen LogP contribution is -1.92. The van der Waals surface area contributed by atoms with E-state index < -0.39 is 0 Å². The van der Waals surface area contributed by atoms with Gasteiger partial charge in [-0.05, 0) is 55.0 Å². The summed E-state index contributed by atoms with van der Waals surface area (Å²) in [6.45, 7) is 3.14. The van der Waals surface area contributed by atoms with E-state index in [0.29, 0.717) is 0 Å². The quantitative estimate of drug-likeness (QED) is 0.396. The van der Waals surface area contributed by atoms with Crippen LogP contribution in [0.5, 0.6) is 0 Å². The second-order valence-electron chi connectivity index (χ2n) is 5.77. The molecule has 0 aliphatic carbocycles. The number of fused-ring (bicyclic) bond motifs is 3. The summed E-state index contributed by atoms with van der Waals surface area (Å²) >= 11 is 5.91. The molecule has 0 spiro atoms. The SMILES string of the molecule is CCn1c2ccccc2c2cc(C=Nc3ccc(Cl)cc3)ccc21. The van der Waals surface area contributed by atoms with Crippen molar-refractivity contribution in [3.63, 3.8) is 0 Å². The van der Waals surface area contributed by atoms with E-state index in [1.165, 1.54) is 21.8 Å². The van der Waals surface area contributed by atoms with Gasteiger partial charge in [0.1, 0.15) is 0 Å². The van der Waals surface area contributed by atoms with E-state index in [2.05, 4.69) is 58.9 Å². The van der Waals surface area contributed by atoms with Crippen molar-refractivity contribution in [3.8, 4) is 0 Å². The second-order valence-corrected chi connectivity index (χ2v) is 6.21. The number of rotatable bonds is 3. The second kappa shape index (κ2) is 6.14. The highest BCUT2D eigenvalue weighted by atomic mass is 35.5. The standard InChI is InChI=1S/C21H17ClN2/c1-2-24-20-6-4-3-5-18(20)19-13-15(7-12-21(19)24)14-23-17-10-8-16(22)9-11-17/h3-14H,2H2,1H3. The Hall–Kier alpha value is -2.58. The molecule has 1 heterocycles. The number of aromatic nitrogens is 1. The molecule has 0 atom stereocenters. The van der Waals surface area contributed by atoms with Gasteiger partial charge in [0.25, 0.3) is 0 Å². The third kappa shape index (κ3) is 2.59. The van der Waals surface area contributed by atoms with Gasteiger partial charge < -0.3 is 4.57 Å². The van der Waals surface area contributed by atoms with E-state index >= 15 is 0 Å². The van der Waals surface area contributed by atoms with Crippen molar-refractivity contribution in [2.45, 2.75) is 13.5 Å². The molecule has 2 nitrogen and oxygen atoms in total. The lowest BCUT2D eigenvalue weighted by atomic mass is 10.1. The highest BCUT2D eigenvalue weighted by Crippen LogP contribution is 2.29. The van der Waals surface area contributed by atoms with Crippen molar-refractivity contribution in [2.75, 3.05) is 0 Å². The van der Waals surface area contributed by atoms with E-state index in [1.54, 1.807) is 0 Å². The third-order valence-corrected chi connectivity index (χ3v) is 4.55. The van der Waals surface area contributed by atoms with E-state index in [1.807, 2.05) is 30.5 Å². The zero-order valence-corrected chi connectivity index (χ0v) is 14.2. The first-order chi connectivity index (χ1) is 11.8. The van der Waals surface area contributed by atoms with Crippen LogP contribution in [0, 0.1) is 0 Å². The number of nitrogens with zero attached hydrogens (tertiary/aromatic N) is 2. The van der Waals surface area contributed by atoms with Gasteiger partial charge in [-0.25, -0.2) is 0 Å². The summed E-state index contributed by atoms with van der Waals surface area (Å²) in [5.74, 6) is 0. The van der Waals surface area contributed by atoms with Gasteiger partial charge in [0, 0.05) is 39.6 Å². The van der Waals surface area contributed by atoms with Crippen LogP contribution in [-0.4, -0.2) is 10.8 Å². The van der Waals surface area contributed by atoms with Crippen LogP contribution >= 0.6 is 11.6 Å². The van der Waals surface area contributed by atoms with Crippen molar-refractivity contribution in [3.05, 3.63) is 77.3 Å². The predicted octanol–water partition coefficient (Wildman–Crippen LogP) is 6.22. The zero-order chi connectivity index (χ0) is 16.5. The van der Waals surface area contributed by atoms with E-state index in [0.717, 1.165) is 22.8 Å². The maximum absolute atomic E-state index is 5.91. The van der Waals surface area contributed by atoms with Gasteiger partial charge in [-0.15, -0.1) is 0 Å². The Balaban J connectivity index is 1.80. The van der Waals surface area contributed by atoms with Crippen molar-refractivity contribution < 1.29 is 0 Å². The largest absolute Gasteiger partial charge is 0.341 e. The Morgan fingerprint density at radius 1 is 0.917 bits per heavy atom. The molecule has 0 radical (unpaired) electrons. The van der Waals surface area contributed by atoms with Crippen molar-refractivity contribution in [2.24, 2.45) is 4.99 Å². The molecule has 3 heteroatoms. The molecule has 0 unspecified atom stereocenters. The first-order valence-corrected chi connectivity index (χ1v) is 8.44. The minimum atomic E-state index is 0.725. The Morgan fingerprint density at radius 2 is 1.67 bits per heavy atom. The summed E-state index contributed by atoms with van der Waals surface area (Å²) in [5, 5.41) is 3.28. The van der Waals surface area contributed by atoms with E-state index in [-0.39, 0.29) is 0 Å². The Kier molecular flexibility index (Phi) is 3.83. The van der Waals surface area contributed by atoms with Crippen LogP contribution in [0.1, 0.15) is 12.5 Å². The summed E-state index contributed by atoms with van der Waals surface area (Å²) in [6, 6.07) is 22.6. The third-order valence-electron chi connectivity index (χ3n) is 4.30. The zero-order valence-electron chi connectivity index (χ0n) is 13.4. The molecule has 0 aliphatic rings. The fraction of sp³-hybridized carbons (Fsp3) is 0.0952. The summed E-state index contributed by atoms with van der Waals surface area (Å²) in [7, 11) is 0. The van der Waals surface area contributed by atoms with Crippen molar-refractivity contribution in [1.82, 2.24) is 4.57 Å². The topological polar surface area (TPSA) is 17.3 Å². The number of aryl methyl sites for hydroxylation is 1. The summed E-state index contributed by atoms with van der Waals surface area (Å²) in [6.07, 6.45) is 1.90. The Morgan fingerprint density at radius 3 is 2.46 bits per heavy atom. The van der Waals surface area contributed by atoms with Crippen molar-refractivity contribution in [1.29, 1.82) is 0 Å². The number of aliphatic imine (C=N–C) groups is 1. The Labute approximate surface area is 146 Å². The van der Waals surface area contributed by atoms with Crippen LogP contribution < -0.4 is 0 Å². The minimum absolute atomic E-state index is 0.725. The van der Waals surface area contributed by atoms with Crippen LogP contribution in [-0.2, 0) is 6.54 Å². The number of hydrogen-bond donors (Lipinski definition) is 0. The van der Waals surface area contributed by atoms with Crippen molar-refractivity contribution >= 4 is 45.3 Å². The smallest absolute Gasteiger partial charge is 0.0630 e. The first kappa shape index (κ1) is 15.0. The first-order valence-electron chi connectivity index (χ1n) is 8.07. The van der Waals surface area contributed by atoms with Gasteiger partial charge in [-0.2, -0.15) is 0 Å². The molecule has 0 fully saturated rings. The van der Waals surface area contributed by atoms with E-state index in [4.69, 9.17) is 11.6 Å². The van der Waals surface area contributed by atoms with Crippen LogP contribution in [0.4, 0.5) is 5.69 Å². The predicted molar refractivity (Wildman–Crippen MR) is 104 cm³/mol. The molecule has 3 aromatic carbocycles. The van der Waals surface area contributed by atoms with Crippen LogP contribution in [0.25, 0.3) is 21.8 Å². The Bertz CT molecular complexity index is 1040. The van der Waals surface area contributed by atoms with Gasteiger partial charge in [0.05, 0.1) is 5.69 Å². The molecule has 4 rings (SSSR count). The summed E-state index contributed by atoms with van der Waals surface area (Å²) in [4.78, 5) is 4.54. The molecule has 0 bridgehead atoms. The summed E-state index contributed by atoms with van der Waals surface area (Å²) in [5.41, 5.74) is 4.54. The molecule has 0 saturated heterocycles. The maximum Gasteiger partial charge on any atom is 0.0630 e. The molecule has 24 heavy (non-hydrogen) atoms. The van der Waals surface area contributed by atoms with Gasteiger partial charge in [0.2, 0.25) is 0 Å². The van der Waals surface area contributed by atoms with Crippen LogP contribution in [0.15, 0.2) is 71.7 Å². The number of halogens is 1. The lowest BCUT2D eigenvalue weighted by Gasteiger charge is -2.02. The van der Waals surface area contributed by atoms with Gasteiger partial charge in [-0.3, -0.25) is 4.99 Å². The monoisotopic (exact) mass is 332 g/mol. The molecular formula is C21H17ClN2. The molecule has 0 saturated carbocycles. The van der Waals surface area contributed by atoms with Gasteiger partial charge in [-0.1, -0.05) is 35.9 Å². The average Bonchev–Trinajstić information content (AvgIpc) is 2.94. The molecular weight excluding hydrogens is 316 g/mol. The van der Waals surface area contributed by atoms with E-state index in [9.17, 15) is 0 Å². The molecule has 0 aliphatic heterocycles. The highest BCUT2D eigenvalue weighted by Gasteiger charge is 2.08. The number of hydrogen-bond acceptors (Lipinski definition) is 1. The average molecular weight is 333 g/mol. The molecule has 1 aromatic heterocycles. The lowest BCUT2D eigenvalue weighted by molar-refractivity contribution is 0.827. The highest BCUT2D eigenvalue weighted by molar-refractivity contribution is 6.30. The number of benzene rings is 3. The fourth-order valence-electron chi connectivity index (χ4n) is 3.17. The maximum atomic E-state index is 5.91. The van der Waals surface area contributed by atoms with Crippen LogP contribution in [0.2, 0.25) is 5.02 Å². The molecule has 0 amide bonds. The summed E-state index contributed by atoms with van der Waals surface area (Å²) < 4.78 is 2.35. The van der Waals surface area contributed by atoms with Gasteiger partial charge in [0.15, 0.2) is 0 Å².